The summed E-state index contributed by atoms with van der Waals surface area (Å²) in [6.07, 6.45) is 4.12. The highest BCUT2D eigenvalue weighted by molar-refractivity contribution is 7.17. The maximum absolute atomic E-state index is 14.5. The van der Waals surface area contributed by atoms with Crippen LogP contribution in [0.15, 0.2) is 42.0 Å². The number of halogens is 1. The molecule has 1 atom stereocenters. The van der Waals surface area contributed by atoms with Crippen LogP contribution in [0.2, 0.25) is 0 Å². The Morgan fingerprint density at radius 3 is 2.51 bits per heavy atom. The molecular formula is C32H35FN2O7S. The molecule has 1 aliphatic rings. The maximum Gasteiger partial charge on any atom is 0.350 e. The van der Waals surface area contributed by atoms with Crippen LogP contribution in [-0.2, 0) is 14.3 Å². The number of aryl methyl sites for hydroxylation is 2. The van der Waals surface area contributed by atoms with Gasteiger partial charge in [0.1, 0.15) is 16.5 Å². The van der Waals surface area contributed by atoms with E-state index in [4.69, 9.17) is 14.2 Å². The van der Waals surface area contributed by atoms with Crippen LogP contribution in [0.5, 0.6) is 11.5 Å². The van der Waals surface area contributed by atoms with Gasteiger partial charge in [-0.25, -0.2) is 14.2 Å². The molecule has 0 bridgehead atoms. The second-order valence-electron chi connectivity index (χ2n) is 10.1. The molecule has 1 fully saturated rings. The first kappa shape index (κ1) is 31.7. The maximum atomic E-state index is 14.5. The lowest BCUT2D eigenvalue weighted by Gasteiger charge is -2.24. The number of thiazole rings is 1. The highest BCUT2D eigenvalue weighted by Gasteiger charge is 2.48. The highest BCUT2D eigenvalue weighted by Crippen LogP contribution is 2.45. The lowest BCUT2D eigenvalue weighted by Crippen LogP contribution is -2.29. The van der Waals surface area contributed by atoms with Crippen LogP contribution in [-0.4, -0.2) is 48.1 Å². The van der Waals surface area contributed by atoms with Gasteiger partial charge in [0.2, 0.25) is 0 Å². The van der Waals surface area contributed by atoms with Gasteiger partial charge in [-0.05, 0) is 56.5 Å². The van der Waals surface area contributed by atoms with Crippen molar-refractivity contribution in [2.24, 2.45) is 0 Å². The molecule has 0 aliphatic carbocycles. The van der Waals surface area contributed by atoms with Crippen molar-refractivity contribution in [3.05, 3.63) is 75.0 Å². The Bertz CT molecular complexity index is 1560. The zero-order valence-electron chi connectivity index (χ0n) is 24.9. The van der Waals surface area contributed by atoms with Crippen LogP contribution < -0.4 is 14.4 Å². The molecule has 2 heterocycles. The van der Waals surface area contributed by atoms with Crippen LogP contribution in [0.1, 0.15) is 77.6 Å². The van der Waals surface area contributed by atoms with Crippen molar-refractivity contribution >= 4 is 39.9 Å². The third-order valence-corrected chi connectivity index (χ3v) is 8.24. The number of nitrogens with zero attached hydrogens (tertiary/aromatic N) is 2. The Kier molecular flexibility index (Phi) is 10.2. The topological polar surface area (TPSA) is 115 Å². The number of anilines is 1. The molecule has 1 aromatic heterocycles. The quantitative estimate of drug-likeness (QED) is 0.0795. The number of aliphatic hydroxyl groups is 1. The minimum absolute atomic E-state index is 0.0348. The number of methoxy groups -OCH3 is 1. The molecule has 1 unspecified atom stereocenters. The van der Waals surface area contributed by atoms with E-state index in [9.17, 15) is 23.9 Å². The number of rotatable bonds is 12. The molecule has 1 aliphatic heterocycles. The molecule has 2 aromatic carbocycles. The van der Waals surface area contributed by atoms with Gasteiger partial charge in [-0.1, -0.05) is 55.7 Å². The van der Waals surface area contributed by atoms with Crippen molar-refractivity contribution in [1.29, 1.82) is 0 Å². The third-order valence-electron chi connectivity index (χ3n) is 7.10. The Balaban J connectivity index is 1.85. The summed E-state index contributed by atoms with van der Waals surface area (Å²) in [4.78, 5) is 45.4. The van der Waals surface area contributed by atoms with Gasteiger partial charge in [-0.3, -0.25) is 14.5 Å². The van der Waals surface area contributed by atoms with E-state index in [0.29, 0.717) is 34.9 Å². The summed E-state index contributed by atoms with van der Waals surface area (Å²) in [7, 11) is 1.48. The van der Waals surface area contributed by atoms with Crippen LogP contribution in [0, 0.1) is 19.7 Å². The molecule has 9 nitrogen and oxygen atoms in total. The van der Waals surface area contributed by atoms with E-state index in [2.05, 4.69) is 11.9 Å². The predicted octanol–water partition coefficient (Wildman–Crippen LogP) is 6.67. The fourth-order valence-corrected chi connectivity index (χ4v) is 5.78. The molecule has 0 radical (unpaired) electrons. The Morgan fingerprint density at radius 2 is 1.84 bits per heavy atom. The number of esters is 1. The van der Waals surface area contributed by atoms with Gasteiger partial charge in [0.05, 0.1) is 37.6 Å². The number of benzene rings is 2. The van der Waals surface area contributed by atoms with E-state index >= 15 is 0 Å². The van der Waals surface area contributed by atoms with Gasteiger partial charge in [-0.2, -0.15) is 0 Å². The highest BCUT2D eigenvalue weighted by atomic mass is 32.1. The first-order valence-electron chi connectivity index (χ1n) is 14.2. The lowest BCUT2D eigenvalue weighted by atomic mass is 9.94. The number of amides is 1. The summed E-state index contributed by atoms with van der Waals surface area (Å²) < 4.78 is 31.1. The van der Waals surface area contributed by atoms with Crippen LogP contribution in [0.25, 0.3) is 5.76 Å². The Labute approximate surface area is 253 Å². The third kappa shape index (κ3) is 6.56. The zero-order valence-corrected chi connectivity index (χ0v) is 25.7. The zero-order chi connectivity index (χ0) is 31.3. The summed E-state index contributed by atoms with van der Waals surface area (Å²) in [5.41, 5.74) is 0.869. The van der Waals surface area contributed by atoms with Gasteiger partial charge in [0, 0.05) is 5.56 Å². The van der Waals surface area contributed by atoms with Gasteiger partial charge < -0.3 is 19.3 Å². The standard InChI is InChI=1S/C32H35FN2O7S/c1-6-8-9-10-15-42-23-14-13-20(17-24(23)40-5)26-25(27(36)21-12-11-18(3)22(33)16-21)28(37)30(38)35(26)32-34-19(4)29(43-32)31(39)41-7-2/h11-14,16-17,26,36H,6-10,15H2,1-5H3/b27-25+. The predicted molar refractivity (Wildman–Crippen MR) is 161 cm³/mol. The van der Waals surface area contributed by atoms with Crippen molar-refractivity contribution in [3.8, 4) is 11.5 Å². The van der Waals surface area contributed by atoms with Crippen molar-refractivity contribution in [1.82, 2.24) is 4.98 Å². The summed E-state index contributed by atoms with van der Waals surface area (Å²) in [6, 6.07) is 7.86. The normalized spacial score (nSPS) is 16.0. The number of aliphatic hydroxyl groups excluding tert-OH is 1. The number of aromatic nitrogens is 1. The number of carbonyl (C=O) groups is 3. The first-order valence-corrected chi connectivity index (χ1v) is 15.0. The largest absolute Gasteiger partial charge is 0.507 e. The van der Waals surface area contributed by atoms with Crippen molar-refractivity contribution in [2.75, 3.05) is 25.2 Å². The molecule has 1 N–H and O–H groups in total. The molecule has 0 saturated carbocycles. The molecule has 4 rings (SSSR count). The number of Topliss-reactive ketones (excluding diaryl/α,β-unsaturated/α-hetero) is 1. The van der Waals surface area contributed by atoms with Gasteiger partial charge >= 0.3 is 11.9 Å². The van der Waals surface area contributed by atoms with E-state index in [1.165, 1.54) is 19.2 Å². The average molecular weight is 611 g/mol. The second kappa shape index (κ2) is 13.8. The smallest absolute Gasteiger partial charge is 0.350 e. The van der Waals surface area contributed by atoms with Crippen LogP contribution in [0.4, 0.5) is 9.52 Å². The number of ketones is 1. The summed E-state index contributed by atoms with van der Waals surface area (Å²) in [6.45, 7) is 7.61. The van der Waals surface area contributed by atoms with Crippen molar-refractivity contribution < 1.29 is 38.1 Å². The number of hydrogen-bond acceptors (Lipinski definition) is 9. The second-order valence-corrected chi connectivity index (χ2v) is 11.1. The van der Waals surface area contributed by atoms with Gasteiger partial charge in [0.15, 0.2) is 16.6 Å². The number of hydrogen-bond donors (Lipinski definition) is 1. The van der Waals surface area contributed by atoms with Crippen LogP contribution >= 0.6 is 11.3 Å². The summed E-state index contributed by atoms with van der Waals surface area (Å²) in [5.74, 6) is -2.82. The molecule has 3 aromatic rings. The summed E-state index contributed by atoms with van der Waals surface area (Å²) in [5, 5.41) is 11.4. The van der Waals surface area contributed by atoms with Gasteiger partial charge in [-0.15, -0.1) is 0 Å². The number of carbonyl (C=O) groups excluding carboxylic acids is 3. The summed E-state index contributed by atoms with van der Waals surface area (Å²) >= 11 is 0.901. The first-order chi connectivity index (χ1) is 20.6. The fourth-order valence-electron chi connectivity index (χ4n) is 4.80. The minimum Gasteiger partial charge on any atom is -0.507 e. The number of unbranched alkanes of at least 4 members (excludes halogenated alkanes) is 3. The Morgan fingerprint density at radius 1 is 1.07 bits per heavy atom. The van der Waals surface area contributed by atoms with E-state index in [1.54, 1.807) is 39.0 Å². The number of ether oxygens (including phenoxy) is 3. The van der Waals surface area contributed by atoms with Crippen LogP contribution in [0.3, 0.4) is 0 Å². The monoisotopic (exact) mass is 610 g/mol. The van der Waals surface area contributed by atoms with E-state index < -0.39 is 35.3 Å². The van der Waals surface area contributed by atoms with E-state index in [0.717, 1.165) is 48.0 Å². The minimum atomic E-state index is -1.17. The average Bonchev–Trinajstić information content (AvgIpc) is 3.50. The van der Waals surface area contributed by atoms with Crippen molar-refractivity contribution in [3.63, 3.8) is 0 Å². The SMILES string of the molecule is CCCCCCOc1ccc(C2/C(=C(\O)c3ccc(C)c(F)c3)C(=O)C(=O)N2c2nc(C)c(C(=O)OCC)s2)cc1OC. The van der Waals surface area contributed by atoms with E-state index in [1.807, 2.05) is 0 Å². The molecule has 43 heavy (non-hydrogen) atoms. The fraction of sp³-hybridized carbons (Fsp3) is 0.375. The molecule has 228 valence electrons. The molecular weight excluding hydrogens is 575 g/mol. The van der Waals surface area contributed by atoms with E-state index in [-0.39, 0.29) is 27.8 Å². The molecule has 0 spiro atoms. The lowest BCUT2D eigenvalue weighted by molar-refractivity contribution is -0.132. The van der Waals surface area contributed by atoms with Gasteiger partial charge in [0.25, 0.3) is 5.78 Å². The molecule has 11 heteroatoms. The Hall–Kier alpha value is -4.25. The van der Waals surface area contributed by atoms with Crippen molar-refractivity contribution in [2.45, 2.75) is 59.4 Å². The molecule has 1 saturated heterocycles. The molecule has 1 amide bonds.